The summed E-state index contributed by atoms with van der Waals surface area (Å²) in [7, 11) is 0. The van der Waals surface area contributed by atoms with Gasteiger partial charge in [0.05, 0.1) is 8.66 Å². The van der Waals surface area contributed by atoms with E-state index in [1.54, 1.807) is 0 Å². The van der Waals surface area contributed by atoms with E-state index in [9.17, 15) is 9.59 Å². The number of hydrogen-bond donors (Lipinski definition) is 1. The first-order valence-electron chi connectivity index (χ1n) is 6.47. The summed E-state index contributed by atoms with van der Waals surface area (Å²) in [5, 5.41) is 3.04. The largest absolute Gasteiger partial charge is 0.353 e. The number of carbonyl (C=O) groups excluding carboxylic acids is 2. The zero-order valence-electron chi connectivity index (χ0n) is 10.4. The summed E-state index contributed by atoms with van der Waals surface area (Å²) in [6, 6.07) is 4.04. The molecular formula is C13H15BrN2O2S. The van der Waals surface area contributed by atoms with Crippen molar-refractivity contribution < 1.29 is 9.59 Å². The van der Waals surface area contributed by atoms with Crippen LogP contribution in [0.4, 0.5) is 0 Å². The van der Waals surface area contributed by atoms with Crippen molar-refractivity contribution in [3.63, 3.8) is 0 Å². The van der Waals surface area contributed by atoms with Crippen molar-refractivity contribution >= 4 is 39.1 Å². The number of halogens is 1. The molecule has 0 aromatic carbocycles. The Morgan fingerprint density at radius 2 is 2.26 bits per heavy atom. The maximum Gasteiger partial charge on any atom is 0.263 e. The van der Waals surface area contributed by atoms with Crippen molar-refractivity contribution in [3.8, 4) is 0 Å². The summed E-state index contributed by atoms with van der Waals surface area (Å²) in [6.07, 6.45) is 2.36. The summed E-state index contributed by atoms with van der Waals surface area (Å²) in [4.78, 5) is 26.5. The van der Waals surface area contributed by atoms with E-state index in [-0.39, 0.29) is 17.9 Å². The van der Waals surface area contributed by atoms with Crippen LogP contribution < -0.4 is 5.32 Å². The molecule has 2 saturated heterocycles. The summed E-state index contributed by atoms with van der Waals surface area (Å²) in [5.74, 6) is 0.688. The van der Waals surface area contributed by atoms with Crippen molar-refractivity contribution in [3.05, 3.63) is 20.8 Å². The number of rotatable bonds is 1. The van der Waals surface area contributed by atoms with Gasteiger partial charge in [0.1, 0.15) is 0 Å². The molecule has 0 spiro atoms. The van der Waals surface area contributed by atoms with Crippen LogP contribution in [0, 0.1) is 5.92 Å². The molecule has 3 rings (SSSR count). The SMILES string of the molecule is O=C1CCC2CN(C(=O)c3ccc(Br)s3)CCC2N1. The number of fused-ring (bicyclic) bond motifs is 1. The Labute approximate surface area is 124 Å². The minimum absolute atomic E-state index is 0.117. The summed E-state index contributed by atoms with van der Waals surface area (Å²) in [6.45, 7) is 1.50. The Morgan fingerprint density at radius 3 is 3.00 bits per heavy atom. The number of thiophene rings is 1. The van der Waals surface area contributed by atoms with E-state index in [4.69, 9.17) is 0 Å². The van der Waals surface area contributed by atoms with Gasteiger partial charge < -0.3 is 10.2 Å². The highest BCUT2D eigenvalue weighted by atomic mass is 79.9. The Hall–Kier alpha value is -0.880. The van der Waals surface area contributed by atoms with E-state index in [0.717, 1.165) is 34.6 Å². The second-order valence-electron chi connectivity index (χ2n) is 5.12. The number of nitrogens with zero attached hydrogens (tertiary/aromatic N) is 1. The standard InChI is InChI=1S/C13H15BrN2O2S/c14-11-3-2-10(19-11)13(18)16-6-5-9-8(7-16)1-4-12(17)15-9/h2-3,8-9H,1,4-7H2,(H,15,17). The van der Waals surface area contributed by atoms with E-state index >= 15 is 0 Å². The van der Waals surface area contributed by atoms with Crippen LogP contribution in [0.1, 0.15) is 28.9 Å². The normalized spacial score (nSPS) is 26.8. The molecule has 0 radical (unpaired) electrons. The number of likely N-dealkylation sites (tertiary alicyclic amines) is 1. The Morgan fingerprint density at radius 1 is 1.42 bits per heavy atom. The molecule has 2 amide bonds. The van der Waals surface area contributed by atoms with Gasteiger partial charge in [-0.05, 0) is 46.8 Å². The topological polar surface area (TPSA) is 49.4 Å². The fraction of sp³-hybridized carbons (Fsp3) is 0.538. The average molecular weight is 343 g/mol. The smallest absolute Gasteiger partial charge is 0.263 e. The zero-order valence-corrected chi connectivity index (χ0v) is 12.8. The van der Waals surface area contributed by atoms with E-state index < -0.39 is 0 Å². The molecule has 0 saturated carbocycles. The number of carbonyl (C=O) groups is 2. The molecule has 1 aromatic heterocycles. The maximum absolute atomic E-state index is 12.4. The van der Waals surface area contributed by atoms with Crippen LogP contribution in [0.15, 0.2) is 15.9 Å². The lowest BCUT2D eigenvalue weighted by molar-refractivity contribution is -0.125. The van der Waals surface area contributed by atoms with Gasteiger partial charge in [0.25, 0.3) is 5.91 Å². The number of hydrogen-bond acceptors (Lipinski definition) is 3. The number of amides is 2. The molecule has 102 valence electrons. The molecule has 2 atom stereocenters. The van der Waals surface area contributed by atoms with Gasteiger partial charge in [-0.25, -0.2) is 0 Å². The van der Waals surface area contributed by atoms with Gasteiger partial charge in [-0.3, -0.25) is 9.59 Å². The van der Waals surface area contributed by atoms with Crippen LogP contribution in [0.25, 0.3) is 0 Å². The first-order valence-corrected chi connectivity index (χ1v) is 8.08. The average Bonchev–Trinajstić information content (AvgIpc) is 2.84. The van der Waals surface area contributed by atoms with Gasteiger partial charge in [0.2, 0.25) is 5.91 Å². The van der Waals surface area contributed by atoms with Gasteiger partial charge in [-0.1, -0.05) is 0 Å². The number of piperidine rings is 2. The van der Waals surface area contributed by atoms with Crippen LogP contribution >= 0.6 is 27.3 Å². The molecule has 2 aliphatic heterocycles. The quantitative estimate of drug-likeness (QED) is 0.850. The highest BCUT2D eigenvalue weighted by molar-refractivity contribution is 9.11. The molecule has 2 fully saturated rings. The third kappa shape index (κ3) is 2.69. The molecule has 1 N–H and O–H groups in total. The summed E-state index contributed by atoms with van der Waals surface area (Å²) >= 11 is 4.86. The molecular weight excluding hydrogens is 328 g/mol. The van der Waals surface area contributed by atoms with Crippen LogP contribution in [0.2, 0.25) is 0 Å². The monoisotopic (exact) mass is 342 g/mol. The lowest BCUT2D eigenvalue weighted by Gasteiger charge is -2.41. The molecule has 3 heterocycles. The lowest BCUT2D eigenvalue weighted by atomic mass is 9.85. The summed E-state index contributed by atoms with van der Waals surface area (Å²) < 4.78 is 0.982. The predicted molar refractivity (Wildman–Crippen MR) is 77.2 cm³/mol. The van der Waals surface area contributed by atoms with E-state index in [1.807, 2.05) is 17.0 Å². The third-order valence-corrected chi connectivity index (χ3v) is 5.51. The van der Waals surface area contributed by atoms with Crippen LogP contribution in [-0.2, 0) is 4.79 Å². The fourth-order valence-electron chi connectivity index (χ4n) is 2.88. The molecule has 19 heavy (non-hydrogen) atoms. The van der Waals surface area contributed by atoms with Crippen molar-refractivity contribution in [2.75, 3.05) is 13.1 Å². The van der Waals surface area contributed by atoms with Gasteiger partial charge in [-0.2, -0.15) is 0 Å². The Kier molecular flexibility index (Phi) is 3.62. The highest BCUT2D eigenvalue weighted by Gasteiger charge is 2.35. The van der Waals surface area contributed by atoms with Crippen LogP contribution in [0.5, 0.6) is 0 Å². The Balaban J connectivity index is 1.68. The van der Waals surface area contributed by atoms with E-state index in [1.165, 1.54) is 11.3 Å². The van der Waals surface area contributed by atoms with Crippen molar-refractivity contribution in [2.45, 2.75) is 25.3 Å². The second kappa shape index (κ2) is 5.25. The molecule has 2 aliphatic rings. The summed E-state index contributed by atoms with van der Waals surface area (Å²) in [5.41, 5.74) is 0. The maximum atomic E-state index is 12.4. The molecule has 2 unspecified atom stereocenters. The van der Waals surface area contributed by atoms with E-state index in [2.05, 4.69) is 21.2 Å². The lowest BCUT2D eigenvalue weighted by Crippen LogP contribution is -2.55. The van der Waals surface area contributed by atoms with Crippen molar-refractivity contribution in [2.24, 2.45) is 5.92 Å². The first-order chi connectivity index (χ1) is 9.13. The fourth-order valence-corrected chi connectivity index (χ4v) is 4.23. The minimum Gasteiger partial charge on any atom is -0.353 e. The van der Waals surface area contributed by atoms with E-state index in [0.29, 0.717) is 12.3 Å². The molecule has 0 aliphatic carbocycles. The van der Waals surface area contributed by atoms with Crippen LogP contribution in [-0.4, -0.2) is 35.8 Å². The van der Waals surface area contributed by atoms with Gasteiger partial charge in [0.15, 0.2) is 0 Å². The molecule has 0 bridgehead atoms. The minimum atomic E-state index is 0.117. The number of nitrogens with one attached hydrogen (secondary N) is 1. The predicted octanol–water partition coefficient (Wildman–Crippen LogP) is 2.25. The van der Waals surface area contributed by atoms with Gasteiger partial charge in [0, 0.05) is 25.6 Å². The molecule has 4 nitrogen and oxygen atoms in total. The third-order valence-electron chi connectivity index (χ3n) is 3.89. The van der Waals surface area contributed by atoms with Crippen molar-refractivity contribution in [1.82, 2.24) is 10.2 Å². The zero-order chi connectivity index (χ0) is 13.4. The molecule has 6 heteroatoms. The van der Waals surface area contributed by atoms with Gasteiger partial charge >= 0.3 is 0 Å². The second-order valence-corrected chi connectivity index (χ2v) is 7.58. The van der Waals surface area contributed by atoms with Gasteiger partial charge in [-0.15, -0.1) is 11.3 Å². The highest BCUT2D eigenvalue weighted by Crippen LogP contribution is 2.28. The molecule has 1 aromatic rings. The van der Waals surface area contributed by atoms with Crippen molar-refractivity contribution in [1.29, 1.82) is 0 Å². The first kappa shape index (κ1) is 13.1. The Bertz CT molecular complexity index is 516. The van der Waals surface area contributed by atoms with Crippen LogP contribution in [0.3, 0.4) is 0 Å².